The van der Waals surface area contributed by atoms with E-state index < -0.39 is 0 Å². The molecule has 0 atom stereocenters. The first kappa shape index (κ1) is 19.6. The van der Waals surface area contributed by atoms with Crippen molar-refractivity contribution in [3.05, 3.63) is 45.7 Å². The van der Waals surface area contributed by atoms with Crippen molar-refractivity contribution in [3.8, 4) is 16.5 Å². The van der Waals surface area contributed by atoms with Gasteiger partial charge in [-0.1, -0.05) is 32.3 Å². The zero-order chi connectivity index (χ0) is 20.2. The average Bonchev–Trinajstić information content (AvgIpc) is 3.43. The Bertz CT molecular complexity index is 1030. The van der Waals surface area contributed by atoms with Gasteiger partial charge in [-0.25, -0.2) is 4.98 Å². The molecule has 1 aliphatic carbocycles. The number of nitrogens with zero attached hydrogens (tertiary/aromatic N) is 3. The first-order valence-electron chi connectivity index (χ1n) is 10.2. The quantitative estimate of drug-likeness (QED) is 0.611. The van der Waals surface area contributed by atoms with Crippen molar-refractivity contribution >= 4 is 23.1 Å². The molecule has 1 aliphatic rings. The first-order valence-corrected chi connectivity index (χ1v) is 11.0. The monoisotopic (exact) mass is 411 g/mol. The second-order valence-electron chi connectivity index (χ2n) is 7.52. The molecule has 3 heterocycles. The molecule has 0 radical (unpaired) electrons. The Hall–Kier alpha value is -2.74. The number of aromatic amines is 1. The topological polar surface area (TPSA) is 92.7 Å². The number of carbonyl (C=O) groups is 1. The van der Waals surface area contributed by atoms with E-state index in [9.17, 15) is 9.59 Å². The highest BCUT2D eigenvalue weighted by Gasteiger charge is 2.21. The summed E-state index contributed by atoms with van der Waals surface area (Å²) in [5.41, 5.74) is 1.22. The number of hydrogen-bond acceptors (Lipinski definition) is 5. The van der Waals surface area contributed by atoms with Crippen LogP contribution >= 0.6 is 11.3 Å². The largest absolute Gasteiger partial charge is 0.310 e. The van der Waals surface area contributed by atoms with E-state index in [0.29, 0.717) is 36.2 Å². The Labute approximate surface area is 173 Å². The molecule has 1 saturated carbocycles. The summed E-state index contributed by atoms with van der Waals surface area (Å²) in [7, 11) is 0. The van der Waals surface area contributed by atoms with Crippen LogP contribution in [0.2, 0.25) is 0 Å². The summed E-state index contributed by atoms with van der Waals surface area (Å²) in [5.74, 6) is 1.27. The van der Waals surface area contributed by atoms with Gasteiger partial charge in [-0.15, -0.1) is 11.3 Å². The molecular formula is C21H25N5O2S. The Morgan fingerprint density at radius 1 is 1.34 bits per heavy atom. The van der Waals surface area contributed by atoms with E-state index in [1.165, 1.54) is 23.6 Å². The fourth-order valence-electron chi connectivity index (χ4n) is 3.83. The first-order chi connectivity index (χ1) is 14.1. The minimum Gasteiger partial charge on any atom is -0.310 e. The molecule has 1 amide bonds. The van der Waals surface area contributed by atoms with Crippen LogP contribution in [0.4, 0.5) is 5.82 Å². The molecule has 3 aromatic heterocycles. The van der Waals surface area contributed by atoms with Gasteiger partial charge in [0.1, 0.15) is 11.5 Å². The lowest BCUT2D eigenvalue weighted by molar-refractivity contribution is -0.117. The second-order valence-corrected chi connectivity index (χ2v) is 8.46. The van der Waals surface area contributed by atoms with Crippen LogP contribution in [0.15, 0.2) is 34.4 Å². The maximum absolute atomic E-state index is 12.6. The highest BCUT2D eigenvalue weighted by Crippen LogP contribution is 2.29. The summed E-state index contributed by atoms with van der Waals surface area (Å²) in [5, 5.41) is 9.60. The number of rotatable bonds is 7. The zero-order valence-electron chi connectivity index (χ0n) is 16.5. The molecule has 4 rings (SSSR count). The minimum atomic E-state index is -0.227. The van der Waals surface area contributed by atoms with Crippen LogP contribution < -0.4 is 10.9 Å². The van der Waals surface area contributed by atoms with Gasteiger partial charge in [-0.2, -0.15) is 9.78 Å². The van der Waals surface area contributed by atoms with Crippen LogP contribution in [-0.4, -0.2) is 25.7 Å². The smallest absolute Gasteiger partial charge is 0.252 e. The summed E-state index contributed by atoms with van der Waals surface area (Å²) in [6.45, 7) is 2.04. The van der Waals surface area contributed by atoms with Crippen molar-refractivity contribution in [2.75, 3.05) is 5.32 Å². The highest BCUT2D eigenvalue weighted by molar-refractivity contribution is 7.13. The molecule has 3 aromatic rings. The van der Waals surface area contributed by atoms with E-state index >= 15 is 0 Å². The third kappa shape index (κ3) is 4.64. The van der Waals surface area contributed by atoms with Gasteiger partial charge in [0, 0.05) is 24.2 Å². The minimum absolute atomic E-state index is 0.0251. The summed E-state index contributed by atoms with van der Waals surface area (Å²) >= 11 is 1.57. The third-order valence-corrected chi connectivity index (χ3v) is 6.08. The summed E-state index contributed by atoms with van der Waals surface area (Å²) in [6, 6.07) is 7.28. The molecule has 0 saturated heterocycles. The molecule has 2 N–H and O–H groups in total. The summed E-state index contributed by atoms with van der Waals surface area (Å²) in [4.78, 5) is 33.1. The van der Waals surface area contributed by atoms with Gasteiger partial charge in [-0.05, 0) is 36.6 Å². The van der Waals surface area contributed by atoms with Crippen molar-refractivity contribution < 1.29 is 4.79 Å². The van der Waals surface area contributed by atoms with E-state index in [1.807, 2.05) is 30.5 Å². The molecule has 0 bridgehead atoms. The lowest BCUT2D eigenvalue weighted by Gasteiger charge is -2.11. The van der Waals surface area contributed by atoms with Crippen LogP contribution in [0.1, 0.15) is 51.1 Å². The van der Waals surface area contributed by atoms with E-state index in [0.717, 1.165) is 29.8 Å². The summed E-state index contributed by atoms with van der Waals surface area (Å²) in [6.07, 6.45) is 6.74. The fourth-order valence-corrected chi connectivity index (χ4v) is 4.51. The number of nitrogens with one attached hydrogen (secondary N) is 2. The van der Waals surface area contributed by atoms with Gasteiger partial charge in [-0.3, -0.25) is 14.6 Å². The molecule has 0 unspecified atom stereocenters. The van der Waals surface area contributed by atoms with Crippen LogP contribution in [0, 0.1) is 5.92 Å². The van der Waals surface area contributed by atoms with Gasteiger partial charge >= 0.3 is 0 Å². The number of H-pyrrole nitrogens is 1. The van der Waals surface area contributed by atoms with E-state index in [2.05, 4.69) is 20.4 Å². The Balaban J connectivity index is 1.68. The second kappa shape index (κ2) is 8.73. The Morgan fingerprint density at radius 2 is 2.17 bits per heavy atom. The van der Waals surface area contributed by atoms with E-state index in [-0.39, 0.29) is 11.5 Å². The number of carbonyl (C=O) groups excluding carboxylic acids is 1. The average molecular weight is 412 g/mol. The van der Waals surface area contributed by atoms with Crippen molar-refractivity contribution in [1.29, 1.82) is 0 Å². The maximum atomic E-state index is 12.6. The van der Waals surface area contributed by atoms with Crippen molar-refractivity contribution in [2.24, 2.45) is 5.92 Å². The van der Waals surface area contributed by atoms with Crippen LogP contribution in [0.25, 0.3) is 16.5 Å². The predicted molar refractivity (Wildman–Crippen MR) is 114 cm³/mol. The van der Waals surface area contributed by atoms with Crippen molar-refractivity contribution in [2.45, 2.75) is 51.9 Å². The number of thiophene rings is 1. The SMILES string of the molecule is CCCc1cc(=O)[nH]c(-n2nc(-c3cccs3)cc2NC(=O)CC2CCCC2)n1. The molecule has 29 heavy (non-hydrogen) atoms. The van der Waals surface area contributed by atoms with Crippen molar-refractivity contribution in [3.63, 3.8) is 0 Å². The van der Waals surface area contributed by atoms with Gasteiger partial charge in [0.25, 0.3) is 5.56 Å². The lowest BCUT2D eigenvalue weighted by atomic mass is 10.0. The van der Waals surface area contributed by atoms with Gasteiger partial charge < -0.3 is 5.32 Å². The number of anilines is 1. The maximum Gasteiger partial charge on any atom is 0.252 e. The number of amides is 1. The standard InChI is InChI=1S/C21H25N5O2S/c1-2-6-15-12-20(28)24-21(22-15)26-18(13-16(25-26)17-9-5-10-29-17)23-19(27)11-14-7-3-4-8-14/h5,9-10,12-14H,2-4,6-8,11H2,1H3,(H,23,27)(H,22,24,28). The van der Waals surface area contributed by atoms with Gasteiger partial charge in [0.15, 0.2) is 0 Å². The summed E-state index contributed by atoms with van der Waals surface area (Å²) < 4.78 is 1.53. The molecule has 0 spiro atoms. The normalized spacial score (nSPS) is 14.4. The zero-order valence-corrected chi connectivity index (χ0v) is 17.3. The molecular weight excluding hydrogens is 386 g/mol. The lowest BCUT2D eigenvalue weighted by Crippen LogP contribution is -2.20. The molecule has 8 heteroatoms. The predicted octanol–water partition coefficient (Wildman–Crippen LogP) is 4.16. The Morgan fingerprint density at radius 3 is 2.90 bits per heavy atom. The van der Waals surface area contributed by atoms with Crippen LogP contribution in [0.3, 0.4) is 0 Å². The van der Waals surface area contributed by atoms with E-state index in [1.54, 1.807) is 11.3 Å². The van der Waals surface area contributed by atoms with Crippen LogP contribution in [0.5, 0.6) is 0 Å². The molecule has 152 valence electrons. The number of aromatic nitrogens is 4. The van der Waals surface area contributed by atoms with Gasteiger partial charge in [0.2, 0.25) is 11.9 Å². The number of hydrogen-bond donors (Lipinski definition) is 2. The fraction of sp³-hybridized carbons (Fsp3) is 0.429. The third-order valence-electron chi connectivity index (χ3n) is 5.19. The van der Waals surface area contributed by atoms with E-state index in [4.69, 9.17) is 0 Å². The van der Waals surface area contributed by atoms with Gasteiger partial charge in [0.05, 0.1) is 4.88 Å². The molecule has 0 aliphatic heterocycles. The number of aryl methyl sites for hydroxylation is 1. The van der Waals surface area contributed by atoms with Crippen molar-refractivity contribution in [1.82, 2.24) is 19.7 Å². The molecule has 0 aromatic carbocycles. The molecule has 1 fully saturated rings. The van der Waals surface area contributed by atoms with Crippen LogP contribution in [-0.2, 0) is 11.2 Å². The highest BCUT2D eigenvalue weighted by atomic mass is 32.1. The Kier molecular flexibility index (Phi) is 5.89. The molecule has 7 nitrogen and oxygen atoms in total.